The summed E-state index contributed by atoms with van der Waals surface area (Å²) in [5, 5.41) is 0. The van der Waals surface area contributed by atoms with E-state index < -0.39 is 0 Å². The van der Waals surface area contributed by atoms with Gasteiger partial charge >= 0.3 is 0 Å². The SMILES string of the molecule is C#CCN(C)C(=O)c1cccc2c1OCCO2. The molecule has 4 heteroatoms. The molecule has 1 aromatic rings. The van der Waals surface area contributed by atoms with E-state index in [1.807, 2.05) is 0 Å². The van der Waals surface area contributed by atoms with Crippen LogP contribution >= 0.6 is 0 Å². The molecule has 0 bridgehead atoms. The molecule has 0 aliphatic carbocycles. The molecular formula is C13H13NO3. The number of hydrogen-bond acceptors (Lipinski definition) is 3. The number of amides is 1. The van der Waals surface area contributed by atoms with Gasteiger partial charge in [0, 0.05) is 7.05 Å². The molecule has 4 nitrogen and oxygen atoms in total. The van der Waals surface area contributed by atoms with Crippen LogP contribution in [0.15, 0.2) is 18.2 Å². The van der Waals surface area contributed by atoms with Gasteiger partial charge in [0.15, 0.2) is 11.5 Å². The van der Waals surface area contributed by atoms with Crippen LogP contribution < -0.4 is 9.47 Å². The number of rotatable bonds is 2. The highest BCUT2D eigenvalue weighted by Crippen LogP contribution is 2.34. The number of ether oxygens (including phenoxy) is 2. The highest BCUT2D eigenvalue weighted by atomic mass is 16.6. The minimum absolute atomic E-state index is 0.162. The Hall–Kier alpha value is -2.15. The van der Waals surface area contributed by atoms with Gasteiger partial charge in [0.2, 0.25) is 0 Å². The Morgan fingerprint density at radius 1 is 1.47 bits per heavy atom. The van der Waals surface area contributed by atoms with Gasteiger partial charge in [0.05, 0.1) is 12.1 Å². The smallest absolute Gasteiger partial charge is 0.258 e. The Bertz CT molecular complexity index is 476. The van der Waals surface area contributed by atoms with Crippen molar-refractivity contribution in [2.45, 2.75) is 0 Å². The molecule has 88 valence electrons. The van der Waals surface area contributed by atoms with Gasteiger partial charge in [0.1, 0.15) is 13.2 Å². The van der Waals surface area contributed by atoms with Crippen LogP contribution in [0.2, 0.25) is 0 Å². The average Bonchev–Trinajstić information content (AvgIpc) is 2.37. The number of carbonyl (C=O) groups is 1. The van der Waals surface area contributed by atoms with E-state index in [9.17, 15) is 4.79 Å². The van der Waals surface area contributed by atoms with E-state index in [1.165, 1.54) is 4.90 Å². The first-order valence-electron chi connectivity index (χ1n) is 5.31. The van der Waals surface area contributed by atoms with Gasteiger partial charge in [-0.2, -0.15) is 0 Å². The van der Waals surface area contributed by atoms with Crippen molar-refractivity contribution in [3.63, 3.8) is 0 Å². The van der Waals surface area contributed by atoms with Gasteiger partial charge in [-0.1, -0.05) is 12.0 Å². The van der Waals surface area contributed by atoms with Crippen molar-refractivity contribution in [2.75, 3.05) is 26.8 Å². The quantitative estimate of drug-likeness (QED) is 0.717. The standard InChI is InChI=1S/C13H13NO3/c1-3-7-14(2)13(15)10-5-4-6-11-12(10)17-9-8-16-11/h1,4-6H,7-9H2,2H3. The highest BCUT2D eigenvalue weighted by Gasteiger charge is 2.22. The van der Waals surface area contributed by atoms with Crippen LogP contribution in [0.1, 0.15) is 10.4 Å². The molecule has 0 saturated heterocycles. The predicted molar refractivity (Wildman–Crippen MR) is 63.2 cm³/mol. The second-order valence-corrected chi connectivity index (χ2v) is 3.70. The van der Waals surface area contributed by atoms with Crippen molar-refractivity contribution in [1.29, 1.82) is 0 Å². The third-order valence-electron chi connectivity index (χ3n) is 2.47. The van der Waals surface area contributed by atoms with Gasteiger partial charge < -0.3 is 14.4 Å². The van der Waals surface area contributed by atoms with Crippen LogP contribution in [-0.4, -0.2) is 37.6 Å². The topological polar surface area (TPSA) is 38.8 Å². The average molecular weight is 231 g/mol. The van der Waals surface area contributed by atoms with E-state index in [4.69, 9.17) is 15.9 Å². The molecule has 17 heavy (non-hydrogen) atoms. The summed E-state index contributed by atoms with van der Waals surface area (Å²) >= 11 is 0. The lowest BCUT2D eigenvalue weighted by Gasteiger charge is -2.22. The van der Waals surface area contributed by atoms with Gasteiger partial charge in [-0.15, -0.1) is 6.42 Å². The molecule has 1 aliphatic rings. The second kappa shape index (κ2) is 4.79. The van der Waals surface area contributed by atoms with E-state index in [-0.39, 0.29) is 12.5 Å². The van der Waals surface area contributed by atoms with Crippen LogP contribution in [-0.2, 0) is 0 Å². The molecule has 0 atom stereocenters. The lowest BCUT2D eigenvalue weighted by atomic mass is 10.1. The zero-order chi connectivity index (χ0) is 12.3. The molecule has 0 spiro atoms. The fourth-order valence-electron chi connectivity index (χ4n) is 1.66. The number of hydrogen-bond donors (Lipinski definition) is 0. The van der Waals surface area contributed by atoms with Gasteiger partial charge in [-0.05, 0) is 12.1 Å². The minimum atomic E-state index is -0.162. The maximum absolute atomic E-state index is 12.1. The second-order valence-electron chi connectivity index (χ2n) is 3.70. The molecule has 1 amide bonds. The Kier molecular flexibility index (Phi) is 3.20. The van der Waals surface area contributed by atoms with Crippen molar-refractivity contribution in [2.24, 2.45) is 0 Å². The number of nitrogens with zero attached hydrogens (tertiary/aromatic N) is 1. The Morgan fingerprint density at radius 2 is 2.24 bits per heavy atom. The summed E-state index contributed by atoms with van der Waals surface area (Å²) in [7, 11) is 1.66. The minimum Gasteiger partial charge on any atom is -0.486 e. The van der Waals surface area contributed by atoms with E-state index >= 15 is 0 Å². The summed E-state index contributed by atoms with van der Waals surface area (Å²) in [6.45, 7) is 1.23. The van der Waals surface area contributed by atoms with Crippen molar-refractivity contribution < 1.29 is 14.3 Å². The van der Waals surface area contributed by atoms with Gasteiger partial charge in [0.25, 0.3) is 5.91 Å². The summed E-state index contributed by atoms with van der Waals surface area (Å²) in [4.78, 5) is 13.6. The van der Waals surface area contributed by atoms with Crippen molar-refractivity contribution in [3.05, 3.63) is 23.8 Å². The zero-order valence-corrected chi connectivity index (χ0v) is 9.60. The first-order chi connectivity index (χ1) is 8.24. The summed E-state index contributed by atoms with van der Waals surface area (Å²) in [5.74, 6) is 3.38. The third kappa shape index (κ3) is 2.18. The molecule has 0 unspecified atom stereocenters. The molecule has 0 radical (unpaired) electrons. The van der Waals surface area contributed by atoms with Gasteiger partial charge in [-0.3, -0.25) is 4.79 Å². The molecule has 0 aromatic heterocycles. The van der Waals surface area contributed by atoms with E-state index in [1.54, 1.807) is 25.2 Å². The van der Waals surface area contributed by atoms with Crippen LogP contribution in [0.5, 0.6) is 11.5 Å². The van der Waals surface area contributed by atoms with Crippen LogP contribution in [0.25, 0.3) is 0 Å². The van der Waals surface area contributed by atoms with E-state index in [0.29, 0.717) is 30.3 Å². The predicted octanol–water partition coefficient (Wildman–Crippen LogP) is 1.16. The normalized spacial score (nSPS) is 12.7. The molecule has 0 N–H and O–H groups in total. The molecule has 0 fully saturated rings. The number of terminal acetylenes is 1. The number of para-hydroxylation sites is 1. The number of benzene rings is 1. The fourth-order valence-corrected chi connectivity index (χ4v) is 1.66. The molecule has 1 aliphatic heterocycles. The maximum atomic E-state index is 12.1. The Labute approximate surface area is 100 Å². The van der Waals surface area contributed by atoms with Crippen LogP contribution in [0.3, 0.4) is 0 Å². The van der Waals surface area contributed by atoms with Crippen LogP contribution in [0.4, 0.5) is 0 Å². The summed E-state index contributed by atoms with van der Waals surface area (Å²) < 4.78 is 10.9. The summed E-state index contributed by atoms with van der Waals surface area (Å²) in [6.07, 6.45) is 5.18. The lowest BCUT2D eigenvalue weighted by molar-refractivity contribution is 0.0802. The Balaban J connectivity index is 2.33. The zero-order valence-electron chi connectivity index (χ0n) is 9.60. The molecule has 2 rings (SSSR count). The molecule has 1 heterocycles. The fraction of sp³-hybridized carbons (Fsp3) is 0.308. The Morgan fingerprint density at radius 3 is 3.00 bits per heavy atom. The number of fused-ring (bicyclic) bond motifs is 1. The maximum Gasteiger partial charge on any atom is 0.258 e. The molecule has 1 aromatic carbocycles. The lowest BCUT2D eigenvalue weighted by Crippen LogP contribution is -2.28. The van der Waals surface area contributed by atoms with E-state index in [0.717, 1.165) is 0 Å². The molecule has 0 saturated carbocycles. The van der Waals surface area contributed by atoms with Crippen molar-refractivity contribution in [3.8, 4) is 23.8 Å². The van der Waals surface area contributed by atoms with Crippen molar-refractivity contribution in [1.82, 2.24) is 4.90 Å². The first kappa shape index (κ1) is 11.3. The summed E-state index contributed by atoms with van der Waals surface area (Å²) in [5.41, 5.74) is 0.486. The highest BCUT2D eigenvalue weighted by molar-refractivity contribution is 5.97. The first-order valence-corrected chi connectivity index (χ1v) is 5.31. The third-order valence-corrected chi connectivity index (χ3v) is 2.47. The van der Waals surface area contributed by atoms with Crippen molar-refractivity contribution >= 4 is 5.91 Å². The monoisotopic (exact) mass is 231 g/mol. The largest absolute Gasteiger partial charge is 0.486 e. The van der Waals surface area contributed by atoms with Crippen LogP contribution in [0, 0.1) is 12.3 Å². The van der Waals surface area contributed by atoms with E-state index in [2.05, 4.69) is 5.92 Å². The molecular weight excluding hydrogens is 218 g/mol. The number of carbonyl (C=O) groups excluding carboxylic acids is 1. The van der Waals surface area contributed by atoms with Gasteiger partial charge in [-0.25, -0.2) is 0 Å². The summed E-state index contributed by atoms with van der Waals surface area (Å²) in [6, 6.07) is 5.26.